The van der Waals surface area contributed by atoms with E-state index in [-0.39, 0.29) is 35.2 Å². The lowest BCUT2D eigenvalue weighted by molar-refractivity contribution is -0.140. The zero-order valence-corrected chi connectivity index (χ0v) is 28.6. The van der Waals surface area contributed by atoms with Crippen LogP contribution in [0, 0.1) is 5.82 Å². The minimum absolute atomic E-state index is 0.0115. The third kappa shape index (κ3) is 9.26. The predicted molar refractivity (Wildman–Crippen MR) is 184 cm³/mol. The van der Waals surface area contributed by atoms with E-state index < -0.39 is 34.3 Å². The van der Waals surface area contributed by atoms with Gasteiger partial charge in [0.05, 0.1) is 24.8 Å². The molecule has 9 nitrogen and oxygen atoms in total. The quantitative estimate of drug-likeness (QED) is 0.139. The van der Waals surface area contributed by atoms with Crippen LogP contribution in [0.1, 0.15) is 30.9 Å². The van der Waals surface area contributed by atoms with Gasteiger partial charge in [-0.3, -0.25) is 13.9 Å². The topological polar surface area (TPSA) is 105 Å². The van der Waals surface area contributed by atoms with Gasteiger partial charge in [-0.15, -0.1) is 0 Å². The van der Waals surface area contributed by atoms with E-state index in [9.17, 15) is 22.4 Å². The molecule has 2 amide bonds. The third-order valence-corrected chi connectivity index (χ3v) is 9.73. The van der Waals surface area contributed by atoms with Crippen molar-refractivity contribution in [2.45, 2.75) is 43.7 Å². The maximum Gasteiger partial charge on any atom is 0.264 e. The van der Waals surface area contributed by atoms with Crippen LogP contribution >= 0.6 is 11.6 Å². The molecule has 0 radical (unpaired) electrons. The van der Waals surface area contributed by atoms with Gasteiger partial charge in [0.1, 0.15) is 18.4 Å². The molecule has 1 N–H and O–H groups in total. The van der Waals surface area contributed by atoms with Crippen LogP contribution < -0.4 is 19.1 Å². The standard InChI is InChI=1S/C36H39ClFN3O6S/c1-4-5-21-39-36(43)32(22-26-9-7-6-8-10-26)40(24-27-11-13-28(37)14-12-27)35(42)25-41(30-17-15-29(38)16-18-30)48(44,45)31-19-20-33(46-2)34(23-31)47-3/h6-20,23,32H,4-5,21-22,24-25H2,1-3H3,(H,39,43). The molecule has 4 aromatic carbocycles. The molecule has 4 aromatic rings. The number of halogens is 2. The summed E-state index contributed by atoms with van der Waals surface area (Å²) in [5.41, 5.74) is 1.55. The largest absolute Gasteiger partial charge is 0.493 e. The maximum atomic E-state index is 14.5. The highest BCUT2D eigenvalue weighted by molar-refractivity contribution is 7.92. The van der Waals surface area contributed by atoms with Gasteiger partial charge >= 0.3 is 0 Å². The maximum absolute atomic E-state index is 14.5. The molecular formula is C36H39ClFN3O6S. The molecule has 0 spiro atoms. The number of carbonyl (C=O) groups excluding carboxylic acids is 2. The number of nitrogens with one attached hydrogen (secondary N) is 1. The monoisotopic (exact) mass is 695 g/mol. The predicted octanol–water partition coefficient (Wildman–Crippen LogP) is 6.25. The zero-order valence-electron chi connectivity index (χ0n) is 27.1. The average molecular weight is 696 g/mol. The Kier molecular flexibility index (Phi) is 12.8. The first-order valence-corrected chi connectivity index (χ1v) is 17.2. The Balaban J connectivity index is 1.80. The second-order valence-corrected chi connectivity index (χ2v) is 13.3. The summed E-state index contributed by atoms with van der Waals surface area (Å²) in [6.07, 6.45) is 1.78. The van der Waals surface area contributed by atoms with Gasteiger partial charge in [-0.05, 0) is 66.1 Å². The van der Waals surface area contributed by atoms with Crippen LogP contribution in [0.15, 0.2) is 102 Å². The van der Waals surface area contributed by atoms with Crippen LogP contribution in [0.25, 0.3) is 0 Å². The third-order valence-electron chi connectivity index (χ3n) is 7.70. The molecule has 0 aliphatic rings. The summed E-state index contributed by atoms with van der Waals surface area (Å²) in [7, 11) is -1.64. The summed E-state index contributed by atoms with van der Waals surface area (Å²) >= 11 is 6.14. The molecule has 0 saturated heterocycles. The lowest BCUT2D eigenvalue weighted by atomic mass is 10.0. The van der Waals surface area contributed by atoms with E-state index in [1.54, 1.807) is 24.3 Å². The van der Waals surface area contributed by atoms with Gasteiger partial charge < -0.3 is 19.7 Å². The molecule has 0 fully saturated rings. The van der Waals surface area contributed by atoms with Crippen LogP contribution in [0.3, 0.4) is 0 Å². The molecule has 12 heteroatoms. The van der Waals surface area contributed by atoms with Crippen LogP contribution in [-0.4, -0.2) is 58.5 Å². The number of ether oxygens (including phenoxy) is 2. The fourth-order valence-corrected chi connectivity index (χ4v) is 6.64. The van der Waals surface area contributed by atoms with Gasteiger partial charge in [-0.1, -0.05) is 67.4 Å². The molecule has 0 bridgehead atoms. The number of hydrogen-bond acceptors (Lipinski definition) is 6. The van der Waals surface area contributed by atoms with Gasteiger partial charge in [0.2, 0.25) is 11.8 Å². The second-order valence-electron chi connectivity index (χ2n) is 11.0. The Morgan fingerprint density at radius 1 is 0.875 bits per heavy atom. The van der Waals surface area contributed by atoms with Gasteiger partial charge in [0.15, 0.2) is 11.5 Å². The number of methoxy groups -OCH3 is 2. The highest BCUT2D eigenvalue weighted by Crippen LogP contribution is 2.32. The van der Waals surface area contributed by atoms with Crippen molar-refractivity contribution in [1.29, 1.82) is 0 Å². The van der Waals surface area contributed by atoms with Crippen molar-refractivity contribution in [2.75, 3.05) is 31.6 Å². The molecule has 0 aromatic heterocycles. The smallest absolute Gasteiger partial charge is 0.264 e. The second kappa shape index (κ2) is 17.0. The number of nitrogens with zero attached hydrogens (tertiary/aromatic N) is 2. The number of unbranched alkanes of at least 4 members (excludes halogenated alkanes) is 1. The molecule has 0 saturated carbocycles. The van der Waals surface area contributed by atoms with Crippen molar-refractivity contribution in [3.05, 3.63) is 119 Å². The van der Waals surface area contributed by atoms with Crippen molar-refractivity contribution in [3.8, 4) is 11.5 Å². The Labute approximate surface area is 286 Å². The molecule has 254 valence electrons. The lowest BCUT2D eigenvalue weighted by Gasteiger charge is -2.34. The molecule has 0 heterocycles. The van der Waals surface area contributed by atoms with E-state index >= 15 is 0 Å². The summed E-state index contributed by atoms with van der Waals surface area (Å²) in [6.45, 7) is 1.72. The summed E-state index contributed by atoms with van der Waals surface area (Å²) in [6, 6.07) is 24.0. The highest BCUT2D eigenvalue weighted by atomic mass is 35.5. The van der Waals surface area contributed by atoms with E-state index in [1.807, 2.05) is 37.3 Å². The van der Waals surface area contributed by atoms with Crippen molar-refractivity contribution in [3.63, 3.8) is 0 Å². The molecule has 1 atom stereocenters. The normalized spacial score (nSPS) is 11.8. The van der Waals surface area contributed by atoms with Crippen LogP contribution in [0.2, 0.25) is 5.02 Å². The Morgan fingerprint density at radius 2 is 1.54 bits per heavy atom. The SMILES string of the molecule is CCCCNC(=O)C(Cc1ccccc1)N(Cc1ccc(Cl)cc1)C(=O)CN(c1ccc(F)cc1)S(=O)(=O)c1ccc(OC)c(OC)c1. The number of hydrogen-bond donors (Lipinski definition) is 1. The molecular weight excluding hydrogens is 657 g/mol. The number of benzene rings is 4. The van der Waals surface area contributed by atoms with Crippen molar-refractivity contribution in [2.24, 2.45) is 0 Å². The molecule has 0 aliphatic heterocycles. The first-order chi connectivity index (χ1) is 23.1. The van der Waals surface area contributed by atoms with E-state index in [1.165, 1.54) is 49.5 Å². The summed E-state index contributed by atoms with van der Waals surface area (Å²) in [5, 5.41) is 3.45. The molecule has 48 heavy (non-hydrogen) atoms. The van der Waals surface area contributed by atoms with Gasteiger partial charge in [0.25, 0.3) is 10.0 Å². The highest BCUT2D eigenvalue weighted by Gasteiger charge is 2.35. The molecule has 1 unspecified atom stereocenters. The first kappa shape index (κ1) is 36.2. The summed E-state index contributed by atoms with van der Waals surface area (Å²) in [5.74, 6) is -1.12. The lowest BCUT2D eigenvalue weighted by Crippen LogP contribution is -2.53. The number of amides is 2. The van der Waals surface area contributed by atoms with Crippen molar-refractivity contribution < 1.29 is 31.9 Å². The Morgan fingerprint density at radius 3 is 2.17 bits per heavy atom. The number of rotatable bonds is 16. The van der Waals surface area contributed by atoms with Crippen LogP contribution in [0.5, 0.6) is 11.5 Å². The minimum atomic E-state index is -4.44. The van der Waals surface area contributed by atoms with E-state index in [0.717, 1.165) is 34.8 Å². The van der Waals surface area contributed by atoms with Gasteiger partial charge in [-0.2, -0.15) is 0 Å². The van der Waals surface area contributed by atoms with Gasteiger partial charge in [0, 0.05) is 30.6 Å². The van der Waals surface area contributed by atoms with E-state index in [2.05, 4.69) is 5.32 Å². The zero-order chi connectivity index (χ0) is 34.7. The minimum Gasteiger partial charge on any atom is -0.493 e. The summed E-state index contributed by atoms with van der Waals surface area (Å²) in [4.78, 5) is 29.6. The van der Waals surface area contributed by atoms with Crippen molar-refractivity contribution in [1.82, 2.24) is 10.2 Å². The number of carbonyl (C=O) groups is 2. The Hall–Kier alpha value is -4.61. The van der Waals surface area contributed by atoms with E-state index in [0.29, 0.717) is 22.9 Å². The summed E-state index contributed by atoms with van der Waals surface area (Å²) < 4.78 is 54.1. The van der Waals surface area contributed by atoms with E-state index in [4.69, 9.17) is 21.1 Å². The Bertz CT molecular complexity index is 1770. The van der Waals surface area contributed by atoms with Crippen molar-refractivity contribution >= 4 is 39.1 Å². The number of sulfonamides is 1. The fraction of sp³-hybridized carbons (Fsp3) is 0.278. The van der Waals surface area contributed by atoms with Gasteiger partial charge in [-0.25, -0.2) is 12.8 Å². The van der Waals surface area contributed by atoms with Crippen LogP contribution in [0.4, 0.5) is 10.1 Å². The fourth-order valence-electron chi connectivity index (χ4n) is 5.09. The molecule has 4 rings (SSSR count). The van der Waals surface area contributed by atoms with Crippen LogP contribution in [-0.2, 0) is 32.6 Å². The first-order valence-electron chi connectivity index (χ1n) is 15.4. The number of anilines is 1. The average Bonchev–Trinajstić information content (AvgIpc) is 3.10. The molecule has 0 aliphatic carbocycles.